The quantitative estimate of drug-likeness (QED) is 0.843. The monoisotopic (exact) mass is 226 g/mol. The zero-order valence-corrected chi connectivity index (χ0v) is 10.1. The van der Waals surface area contributed by atoms with Crippen molar-refractivity contribution in [3.63, 3.8) is 0 Å². The molecular formula is C16H18O. The maximum absolute atomic E-state index is 10.1. The Morgan fingerprint density at radius 1 is 0.941 bits per heavy atom. The first-order valence-corrected chi connectivity index (χ1v) is 6.04. The van der Waals surface area contributed by atoms with Gasteiger partial charge >= 0.3 is 0 Å². The lowest BCUT2D eigenvalue weighted by molar-refractivity contribution is 0.168. The van der Waals surface area contributed by atoms with Crippen LogP contribution in [0.2, 0.25) is 0 Å². The molecule has 0 radical (unpaired) electrons. The molecular weight excluding hydrogens is 208 g/mol. The maximum atomic E-state index is 10.1. The lowest BCUT2D eigenvalue weighted by Crippen LogP contribution is -1.99. The van der Waals surface area contributed by atoms with Crippen LogP contribution in [-0.2, 0) is 6.42 Å². The topological polar surface area (TPSA) is 20.2 Å². The van der Waals surface area contributed by atoms with Gasteiger partial charge in [-0.05, 0) is 30.9 Å². The van der Waals surface area contributed by atoms with Crippen molar-refractivity contribution in [2.24, 2.45) is 0 Å². The molecule has 17 heavy (non-hydrogen) atoms. The van der Waals surface area contributed by atoms with Crippen molar-refractivity contribution in [1.82, 2.24) is 0 Å². The number of hydrogen-bond acceptors (Lipinski definition) is 1. The highest BCUT2D eigenvalue weighted by Crippen LogP contribution is 2.19. The van der Waals surface area contributed by atoms with E-state index in [0.717, 1.165) is 18.4 Å². The minimum Gasteiger partial charge on any atom is -0.388 e. The van der Waals surface area contributed by atoms with Gasteiger partial charge in [-0.25, -0.2) is 0 Å². The van der Waals surface area contributed by atoms with E-state index in [2.05, 4.69) is 19.1 Å². The first-order valence-electron chi connectivity index (χ1n) is 6.04. The van der Waals surface area contributed by atoms with Crippen LogP contribution in [0.25, 0.3) is 0 Å². The van der Waals surface area contributed by atoms with Gasteiger partial charge in [-0.1, -0.05) is 60.2 Å². The van der Waals surface area contributed by atoms with Crippen molar-refractivity contribution in [2.75, 3.05) is 0 Å². The highest BCUT2D eigenvalue weighted by molar-refractivity contribution is 5.23. The Morgan fingerprint density at radius 3 is 2.24 bits per heavy atom. The van der Waals surface area contributed by atoms with Gasteiger partial charge in [-0.3, -0.25) is 0 Å². The number of benzene rings is 2. The molecule has 0 aliphatic heterocycles. The molecule has 1 N–H and O–H groups in total. The van der Waals surface area contributed by atoms with E-state index in [9.17, 15) is 5.11 Å². The van der Waals surface area contributed by atoms with E-state index < -0.39 is 0 Å². The third-order valence-corrected chi connectivity index (χ3v) is 3.01. The summed E-state index contributed by atoms with van der Waals surface area (Å²) in [4.78, 5) is 0. The van der Waals surface area contributed by atoms with Crippen molar-refractivity contribution in [2.45, 2.75) is 25.9 Å². The van der Waals surface area contributed by atoms with E-state index in [1.165, 1.54) is 11.1 Å². The molecule has 0 aliphatic rings. The van der Waals surface area contributed by atoms with Crippen LogP contribution in [0.1, 0.15) is 29.2 Å². The maximum Gasteiger partial charge on any atom is 0.0793 e. The summed E-state index contributed by atoms with van der Waals surface area (Å²) in [7, 11) is 0. The van der Waals surface area contributed by atoms with Gasteiger partial charge in [0, 0.05) is 0 Å². The summed E-state index contributed by atoms with van der Waals surface area (Å²) in [6, 6.07) is 18.4. The first-order chi connectivity index (χ1) is 8.25. The Labute approximate surface area is 103 Å². The largest absolute Gasteiger partial charge is 0.388 e. The molecule has 0 amide bonds. The predicted molar refractivity (Wildman–Crippen MR) is 70.9 cm³/mol. The third kappa shape index (κ3) is 3.43. The minimum absolute atomic E-state index is 0.365. The minimum atomic E-state index is -0.365. The second-order valence-corrected chi connectivity index (χ2v) is 4.45. The van der Waals surface area contributed by atoms with Crippen LogP contribution in [0.3, 0.4) is 0 Å². The molecule has 0 aliphatic carbocycles. The van der Waals surface area contributed by atoms with Crippen molar-refractivity contribution in [1.29, 1.82) is 0 Å². The molecule has 2 rings (SSSR count). The fraction of sp³-hybridized carbons (Fsp3) is 0.250. The predicted octanol–water partition coefficient (Wildman–Crippen LogP) is 3.66. The van der Waals surface area contributed by atoms with Crippen LogP contribution < -0.4 is 0 Å². The lowest BCUT2D eigenvalue weighted by atomic mass is 10.0. The van der Waals surface area contributed by atoms with E-state index in [-0.39, 0.29) is 6.10 Å². The average molecular weight is 226 g/mol. The van der Waals surface area contributed by atoms with E-state index in [1.807, 2.05) is 42.5 Å². The molecule has 2 aromatic rings. The lowest BCUT2D eigenvalue weighted by Gasteiger charge is -2.11. The van der Waals surface area contributed by atoms with Crippen LogP contribution in [0.5, 0.6) is 0 Å². The molecule has 0 fully saturated rings. The van der Waals surface area contributed by atoms with E-state index in [1.54, 1.807) is 0 Å². The average Bonchev–Trinajstić information content (AvgIpc) is 2.38. The SMILES string of the molecule is Cc1ccc([C@H](O)CCc2ccccc2)cc1. The molecule has 0 saturated carbocycles. The summed E-state index contributed by atoms with van der Waals surface area (Å²) in [5.74, 6) is 0. The standard InChI is InChI=1S/C16H18O/c1-13-7-10-15(11-8-13)16(17)12-9-14-5-3-2-4-6-14/h2-8,10-11,16-17H,9,12H2,1H3/t16-/m1/s1. The first kappa shape index (κ1) is 11.9. The van der Waals surface area contributed by atoms with E-state index in [4.69, 9.17) is 0 Å². The molecule has 2 aromatic carbocycles. The zero-order valence-electron chi connectivity index (χ0n) is 10.1. The van der Waals surface area contributed by atoms with Crippen molar-refractivity contribution < 1.29 is 5.11 Å². The van der Waals surface area contributed by atoms with Gasteiger partial charge in [0.1, 0.15) is 0 Å². The highest BCUT2D eigenvalue weighted by Gasteiger charge is 2.06. The molecule has 0 spiro atoms. The molecule has 0 heterocycles. The summed E-state index contributed by atoms with van der Waals surface area (Å²) >= 11 is 0. The summed E-state index contributed by atoms with van der Waals surface area (Å²) in [6.07, 6.45) is 1.32. The van der Waals surface area contributed by atoms with Gasteiger partial charge in [-0.2, -0.15) is 0 Å². The van der Waals surface area contributed by atoms with Crippen LogP contribution in [0.15, 0.2) is 54.6 Å². The summed E-state index contributed by atoms with van der Waals surface area (Å²) < 4.78 is 0. The van der Waals surface area contributed by atoms with Crippen LogP contribution >= 0.6 is 0 Å². The Hall–Kier alpha value is -1.60. The fourth-order valence-corrected chi connectivity index (χ4v) is 1.90. The molecule has 0 aromatic heterocycles. The number of rotatable bonds is 4. The smallest absolute Gasteiger partial charge is 0.0793 e. The molecule has 0 unspecified atom stereocenters. The molecule has 1 nitrogen and oxygen atoms in total. The fourth-order valence-electron chi connectivity index (χ4n) is 1.90. The van der Waals surface area contributed by atoms with Gasteiger partial charge in [-0.15, -0.1) is 0 Å². The third-order valence-electron chi connectivity index (χ3n) is 3.01. The Bertz CT molecular complexity index is 445. The molecule has 1 atom stereocenters. The van der Waals surface area contributed by atoms with Gasteiger partial charge in [0.25, 0.3) is 0 Å². The highest BCUT2D eigenvalue weighted by atomic mass is 16.3. The number of hydrogen-bond donors (Lipinski definition) is 1. The number of aliphatic hydroxyl groups is 1. The van der Waals surface area contributed by atoms with Gasteiger partial charge in [0.05, 0.1) is 6.10 Å². The summed E-state index contributed by atoms with van der Waals surface area (Å²) in [5.41, 5.74) is 3.51. The van der Waals surface area contributed by atoms with Crippen LogP contribution in [0, 0.1) is 6.92 Å². The van der Waals surface area contributed by atoms with Crippen LogP contribution in [-0.4, -0.2) is 5.11 Å². The van der Waals surface area contributed by atoms with Gasteiger partial charge < -0.3 is 5.11 Å². The van der Waals surface area contributed by atoms with Crippen molar-refractivity contribution in [3.8, 4) is 0 Å². The Morgan fingerprint density at radius 2 is 1.59 bits per heavy atom. The van der Waals surface area contributed by atoms with Gasteiger partial charge in [0.15, 0.2) is 0 Å². The van der Waals surface area contributed by atoms with Crippen molar-refractivity contribution in [3.05, 3.63) is 71.3 Å². The van der Waals surface area contributed by atoms with E-state index >= 15 is 0 Å². The number of aliphatic hydroxyl groups excluding tert-OH is 1. The van der Waals surface area contributed by atoms with E-state index in [0.29, 0.717) is 0 Å². The second-order valence-electron chi connectivity index (χ2n) is 4.45. The zero-order chi connectivity index (χ0) is 12.1. The summed E-state index contributed by atoms with van der Waals surface area (Å²) in [6.45, 7) is 2.06. The Kier molecular flexibility index (Phi) is 3.94. The Balaban J connectivity index is 1.93. The van der Waals surface area contributed by atoms with Crippen molar-refractivity contribution >= 4 is 0 Å². The summed E-state index contributed by atoms with van der Waals surface area (Å²) in [5, 5.41) is 10.1. The number of aryl methyl sites for hydroxylation is 2. The molecule has 0 saturated heterocycles. The molecule has 0 bridgehead atoms. The normalized spacial score (nSPS) is 12.4. The molecule has 1 heteroatoms. The molecule has 88 valence electrons. The van der Waals surface area contributed by atoms with Crippen LogP contribution in [0.4, 0.5) is 0 Å². The second kappa shape index (κ2) is 5.65. The van der Waals surface area contributed by atoms with Gasteiger partial charge in [0.2, 0.25) is 0 Å².